The van der Waals surface area contributed by atoms with Crippen LogP contribution in [-0.4, -0.2) is 16.3 Å². The summed E-state index contributed by atoms with van der Waals surface area (Å²) in [7, 11) is 0. The van der Waals surface area contributed by atoms with Gasteiger partial charge < -0.3 is 5.32 Å². The number of hydrogen-bond acceptors (Lipinski definition) is 5. The maximum Gasteiger partial charge on any atom is 0.283 e. The van der Waals surface area contributed by atoms with Crippen LogP contribution in [0.15, 0.2) is 87.7 Å². The van der Waals surface area contributed by atoms with Crippen molar-refractivity contribution >= 4 is 46.7 Å². The van der Waals surface area contributed by atoms with Crippen LogP contribution in [0.1, 0.15) is 11.1 Å². The number of anilines is 1. The fraction of sp³-hybridized carbons (Fsp3) is 0.0476. The van der Waals surface area contributed by atoms with Crippen molar-refractivity contribution in [2.75, 3.05) is 5.32 Å². The summed E-state index contributed by atoms with van der Waals surface area (Å²) in [5.74, 6) is 0. The third-order valence-corrected chi connectivity index (χ3v) is 5.11. The second-order valence-electron chi connectivity index (χ2n) is 6.09. The normalized spacial score (nSPS) is 10.7. The molecule has 0 aliphatic carbocycles. The van der Waals surface area contributed by atoms with Crippen LogP contribution in [0.5, 0.6) is 0 Å². The van der Waals surface area contributed by atoms with E-state index in [9.17, 15) is 10.1 Å². The first-order chi connectivity index (χ1) is 14.0. The summed E-state index contributed by atoms with van der Waals surface area (Å²) < 4.78 is 0. The summed E-state index contributed by atoms with van der Waals surface area (Å²) in [5, 5.41) is 18.9. The Bertz CT molecular complexity index is 1040. The molecule has 3 aromatic rings. The Hall–Kier alpha value is -3.23. The summed E-state index contributed by atoms with van der Waals surface area (Å²) in [5.41, 5.74) is 5.31. The van der Waals surface area contributed by atoms with E-state index < -0.39 is 0 Å². The Morgan fingerprint density at radius 3 is 2.52 bits per heavy atom. The van der Waals surface area contributed by atoms with Gasteiger partial charge in [-0.05, 0) is 49.5 Å². The molecule has 3 rings (SSSR count). The van der Waals surface area contributed by atoms with Crippen molar-refractivity contribution in [1.29, 1.82) is 0 Å². The molecule has 0 bridgehead atoms. The molecule has 146 valence electrons. The molecule has 6 nitrogen and oxygen atoms in total. The standard InChI is InChI=1S/C21H18N4O2S2/c1-15-7-10-18(11-8-15)29-20-12-9-16(13-19(20)25(26)27)14-22-24-21(28)23-17-5-3-2-4-6-17/h2-14H,1H3,(H2,23,24,28). The Morgan fingerprint density at radius 1 is 1.10 bits per heavy atom. The van der Waals surface area contributed by atoms with Crippen LogP contribution in [0.25, 0.3) is 0 Å². The van der Waals surface area contributed by atoms with E-state index in [-0.39, 0.29) is 10.6 Å². The van der Waals surface area contributed by atoms with E-state index in [0.29, 0.717) is 15.6 Å². The molecule has 0 aromatic heterocycles. The van der Waals surface area contributed by atoms with E-state index in [1.807, 2.05) is 61.5 Å². The van der Waals surface area contributed by atoms with Gasteiger partial charge in [-0.1, -0.05) is 53.7 Å². The number of benzene rings is 3. The van der Waals surface area contributed by atoms with E-state index in [4.69, 9.17) is 12.2 Å². The van der Waals surface area contributed by atoms with E-state index in [0.717, 1.165) is 16.1 Å². The summed E-state index contributed by atoms with van der Waals surface area (Å²) in [6.45, 7) is 2.00. The fourth-order valence-corrected chi connectivity index (χ4v) is 3.49. The maximum absolute atomic E-state index is 11.5. The molecule has 8 heteroatoms. The van der Waals surface area contributed by atoms with Crippen LogP contribution in [0.3, 0.4) is 0 Å². The van der Waals surface area contributed by atoms with Crippen LogP contribution in [-0.2, 0) is 0 Å². The van der Waals surface area contributed by atoms with Crippen molar-refractivity contribution in [2.45, 2.75) is 16.7 Å². The quantitative estimate of drug-likeness (QED) is 0.240. The Labute approximate surface area is 178 Å². The molecular formula is C21H18N4O2S2. The van der Waals surface area contributed by atoms with Gasteiger partial charge in [-0.3, -0.25) is 15.5 Å². The third-order valence-electron chi connectivity index (χ3n) is 3.84. The highest BCUT2D eigenvalue weighted by molar-refractivity contribution is 7.99. The van der Waals surface area contributed by atoms with Gasteiger partial charge in [0, 0.05) is 22.2 Å². The van der Waals surface area contributed by atoms with Crippen LogP contribution >= 0.6 is 24.0 Å². The van der Waals surface area contributed by atoms with Crippen molar-refractivity contribution in [3.05, 3.63) is 94.0 Å². The molecule has 29 heavy (non-hydrogen) atoms. The highest BCUT2D eigenvalue weighted by Crippen LogP contribution is 2.35. The summed E-state index contributed by atoms with van der Waals surface area (Å²) in [6.07, 6.45) is 1.49. The van der Waals surface area contributed by atoms with E-state index in [2.05, 4.69) is 15.8 Å². The first kappa shape index (κ1) is 20.5. The lowest BCUT2D eigenvalue weighted by Crippen LogP contribution is -2.23. The van der Waals surface area contributed by atoms with Crippen molar-refractivity contribution in [2.24, 2.45) is 5.10 Å². The predicted octanol–water partition coefficient (Wildman–Crippen LogP) is 5.37. The number of hydrogen-bond donors (Lipinski definition) is 2. The van der Waals surface area contributed by atoms with Gasteiger partial charge in [0.05, 0.1) is 16.0 Å². The SMILES string of the molecule is Cc1ccc(Sc2ccc(C=NNC(=S)Nc3ccccc3)cc2[N+](=O)[O-])cc1. The van der Waals surface area contributed by atoms with E-state index in [1.54, 1.807) is 12.1 Å². The molecule has 0 atom stereocenters. The zero-order valence-electron chi connectivity index (χ0n) is 15.5. The van der Waals surface area contributed by atoms with Crippen LogP contribution in [0.4, 0.5) is 11.4 Å². The third kappa shape index (κ3) is 6.13. The second-order valence-corrected chi connectivity index (χ2v) is 7.61. The summed E-state index contributed by atoms with van der Waals surface area (Å²) in [6, 6.07) is 22.3. The molecule has 0 amide bonds. The lowest BCUT2D eigenvalue weighted by atomic mass is 10.2. The molecule has 0 radical (unpaired) electrons. The lowest BCUT2D eigenvalue weighted by molar-refractivity contribution is -0.387. The summed E-state index contributed by atoms with van der Waals surface area (Å²) >= 11 is 6.53. The predicted molar refractivity (Wildman–Crippen MR) is 122 cm³/mol. The highest BCUT2D eigenvalue weighted by Gasteiger charge is 2.15. The van der Waals surface area contributed by atoms with Gasteiger partial charge in [0.25, 0.3) is 5.69 Å². The Balaban J connectivity index is 1.67. The number of nitro groups is 1. The average Bonchev–Trinajstić information content (AvgIpc) is 2.71. The van der Waals surface area contributed by atoms with Gasteiger partial charge in [0.2, 0.25) is 0 Å². The van der Waals surface area contributed by atoms with E-state index >= 15 is 0 Å². The van der Waals surface area contributed by atoms with Crippen LogP contribution < -0.4 is 10.7 Å². The first-order valence-electron chi connectivity index (χ1n) is 8.69. The van der Waals surface area contributed by atoms with E-state index in [1.165, 1.54) is 24.0 Å². The molecular weight excluding hydrogens is 404 g/mol. The van der Waals surface area contributed by atoms with Crippen LogP contribution in [0.2, 0.25) is 0 Å². The minimum absolute atomic E-state index is 0.0320. The first-order valence-corrected chi connectivity index (χ1v) is 9.92. The smallest absolute Gasteiger partial charge is 0.283 e. The molecule has 0 saturated heterocycles. The van der Waals surface area contributed by atoms with Crippen molar-refractivity contribution in [1.82, 2.24) is 5.43 Å². The van der Waals surface area contributed by atoms with Crippen LogP contribution in [0, 0.1) is 17.0 Å². The number of nitrogens with zero attached hydrogens (tertiary/aromatic N) is 2. The molecule has 0 saturated carbocycles. The zero-order valence-corrected chi connectivity index (χ0v) is 17.2. The van der Waals surface area contributed by atoms with Crippen molar-refractivity contribution in [3.8, 4) is 0 Å². The number of nitrogens with one attached hydrogen (secondary N) is 2. The van der Waals surface area contributed by atoms with Crippen molar-refractivity contribution < 1.29 is 4.92 Å². The van der Waals surface area contributed by atoms with Gasteiger partial charge in [-0.2, -0.15) is 5.10 Å². The molecule has 0 fully saturated rings. The number of nitro benzene ring substituents is 1. The second kappa shape index (κ2) is 9.81. The highest BCUT2D eigenvalue weighted by atomic mass is 32.2. The minimum atomic E-state index is -0.386. The van der Waals surface area contributed by atoms with Gasteiger partial charge in [0.15, 0.2) is 5.11 Å². The van der Waals surface area contributed by atoms with Gasteiger partial charge >= 0.3 is 0 Å². The fourth-order valence-electron chi connectivity index (χ4n) is 2.42. The molecule has 0 aliphatic rings. The molecule has 0 spiro atoms. The molecule has 0 unspecified atom stereocenters. The average molecular weight is 423 g/mol. The molecule has 0 heterocycles. The maximum atomic E-state index is 11.5. The Morgan fingerprint density at radius 2 is 1.83 bits per heavy atom. The summed E-state index contributed by atoms with van der Waals surface area (Å²) in [4.78, 5) is 12.6. The van der Waals surface area contributed by atoms with Gasteiger partial charge in [-0.15, -0.1) is 0 Å². The largest absolute Gasteiger partial charge is 0.331 e. The number of hydrazone groups is 1. The molecule has 0 aliphatic heterocycles. The number of thiocarbonyl (C=S) groups is 1. The van der Waals surface area contributed by atoms with Crippen molar-refractivity contribution in [3.63, 3.8) is 0 Å². The molecule has 2 N–H and O–H groups in total. The lowest BCUT2D eigenvalue weighted by Gasteiger charge is -2.06. The molecule has 3 aromatic carbocycles. The topological polar surface area (TPSA) is 79.6 Å². The number of para-hydroxylation sites is 1. The zero-order chi connectivity index (χ0) is 20.6. The monoisotopic (exact) mass is 422 g/mol. The number of rotatable bonds is 6. The number of aryl methyl sites for hydroxylation is 1. The van der Waals surface area contributed by atoms with Gasteiger partial charge in [0.1, 0.15) is 0 Å². The minimum Gasteiger partial charge on any atom is -0.331 e. The van der Waals surface area contributed by atoms with Gasteiger partial charge in [-0.25, -0.2) is 0 Å². The Kier molecular flexibility index (Phi) is 6.94.